The minimum atomic E-state index is 0.0493. The Kier molecular flexibility index (Phi) is 9.35. The molecule has 1 amide bonds. The maximum Gasteiger partial charge on any atom is 0.222 e. The standard InChI is InChI=1S/C28H39N3O2/c1-21(2)23-14-16-24(17-15-23)33-20-10-19-31-26-12-8-7-11-25(26)30-27(31)13-6-5-9-18-29-28(32)22(3)4/h7-8,11-12,14-17,21-22H,5-6,9-10,13,18-20H2,1-4H3,(H,29,32). The second kappa shape index (κ2) is 12.4. The van der Waals surface area contributed by atoms with Crippen LogP contribution in [0.15, 0.2) is 48.5 Å². The molecular weight excluding hydrogens is 410 g/mol. The van der Waals surface area contributed by atoms with Crippen LogP contribution < -0.4 is 10.1 Å². The van der Waals surface area contributed by atoms with E-state index in [1.807, 2.05) is 19.9 Å². The summed E-state index contributed by atoms with van der Waals surface area (Å²) in [5.41, 5.74) is 3.58. The number of aromatic nitrogens is 2. The van der Waals surface area contributed by atoms with Gasteiger partial charge in [0.2, 0.25) is 5.91 Å². The molecule has 0 spiro atoms. The highest BCUT2D eigenvalue weighted by molar-refractivity contribution is 5.77. The van der Waals surface area contributed by atoms with E-state index in [1.54, 1.807) is 0 Å². The first-order valence-corrected chi connectivity index (χ1v) is 12.4. The van der Waals surface area contributed by atoms with E-state index in [0.29, 0.717) is 12.5 Å². The predicted octanol–water partition coefficient (Wildman–Crippen LogP) is 6.11. The Hall–Kier alpha value is -2.82. The van der Waals surface area contributed by atoms with E-state index in [0.717, 1.165) is 62.3 Å². The third kappa shape index (κ3) is 7.34. The van der Waals surface area contributed by atoms with Crippen LogP contribution in [0.25, 0.3) is 11.0 Å². The Balaban J connectivity index is 1.49. The van der Waals surface area contributed by atoms with Crippen molar-refractivity contribution < 1.29 is 9.53 Å². The maximum atomic E-state index is 11.7. The number of carbonyl (C=O) groups is 1. The number of rotatable bonds is 13. The van der Waals surface area contributed by atoms with E-state index < -0.39 is 0 Å². The fourth-order valence-corrected chi connectivity index (χ4v) is 3.93. The van der Waals surface area contributed by atoms with Gasteiger partial charge in [-0.2, -0.15) is 0 Å². The zero-order valence-corrected chi connectivity index (χ0v) is 20.6. The van der Waals surface area contributed by atoms with Gasteiger partial charge in [-0.3, -0.25) is 4.79 Å². The third-order valence-electron chi connectivity index (χ3n) is 5.98. The quantitative estimate of drug-likeness (QED) is 0.320. The van der Waals surface area contributed by atoms with Crippen LogP contribution in [0.2, 0.25) is 0 Å². The van der Waals surface area contributed by atoms with Crippen LogP contribution in [0.3, 0.4) is 0 Å². The molecule has 3 rings (SSSR count). The summed E-state index contributed by atoms with van der Waals surface area (Å²) < 4.78 is 8.33. The normalized spacial score (nSPS) is 11.5. The highest BCUT2D eigenvalue weighted by Crippen LogP contribution is 2.20. The van der Waals surface area contributed by atoms with E-state index >= 15 is 0 Å². The van der Waals surface area contributed by atoms with E-state index in [9.17, 15) is 4.79 Å². The second-order valence-electron chi connectivity index (χ2n) is 9.35. The molecule has 3 aromatic rings. The monoisotopic (exact) mass is 449 g/mol. The fraction of sp³-hybridized carbons (Fsp3) is 0.500. The van der Waals surface area contributed by atoms with Gasteiger partial charge < -0.3 is 14.6 Å². The average molecular weight is 450 g/mol. The first-order valence-electron chi connectivity index (χ1n) is 12.4. The maximum absolute atomic E-state index is 11.7. The number of unbranched alkanes of at least 4 members (excludes halogenated alkanes) is 2. The minimum Gasteiger partial charge on any atom is -0.494 e. The van der Waals surface area contributed by atoms with Gasteiger partial charge in [0.25, 0.3) is 0 Å². The van der Waals surface area contributed by atoms with Gasteiger partial charge >= 0.3 is 0 Å². The van der Waals surface area contributed by atoms with Gasteiger partial charge in [-0.05, 0) is 55.0 Å². The first kappa shape index (κ1) is 24.8. The van der Waals surface area contributed by atoms with Crippen LogP contribution in [0.1, 0.15) is 70.7 Å². The summed E-state index contributed by atoms with van der Waals surface area (Å²) in [5, 5.41) is 3.00. The zero-order chi connectivity index (χ0) is 23.6. The number of ether oxygens (including phenoxy) is 1. The number of nitrogens with zero attached hydrogens (tertiary/aromatic N) is 2. The van der Waals surface area contributed by atoms with Crippen molar-refractivity contribution in [1.29, 1.82) is 0 Å². The van der Waals surface area contributed by atoms with Gasteiger partial charge in [0.05, 0.1) is 17.6 Å². The average Bonchev–Trinajstić information content (AvgIpc) is 3.16. The lowest BCUT2D eigenvalue weighted by Crippen LogP contribution is -2.28. The number of carbonyl (C=O) groups excluding carboxylic acids is 1. The van der Waals surface area contributed by atoms with E-state index in [1.165, 1.54) is 11.1 Å². The van der Waals surface area contributed by atoms with Crippen LogP contribution in [0.4, 0.5) is 0 Å². The Morgan fingerprint density at radius 1 is 0.970 bits per heavy atom. The third-order valence-corrected chi connectivity index (χ3v) is 5.98. The molecule has 178 valence electrons. The molecule has 0 radical (unpaired) electrons. The number of hydrogen-bond acceptors (Lipinski definition) is 3. The molecule has 2 aromatic carbocycles. The summed E-state index contributed by atoms with van der Waals surface area (Å²) in [5.74, 6) is 2.79. The van der Waals surface area contributed by atoms with Crippen molar-refractivity contribution in [1.82, 2.24) is 14.9 Å². The molecule has 0 saturated heterocycles. The van der Waals surface area contributed by atoms with Gasteiger partial charge in [-0.15, -0.1) is 0 Å². The van der Waals surface area contributed by atoms with Crippen LogP contribution >= 0.6 is 0 Å². The summed E-state index contributed by atoms with van der Waals surface area (Å²) in [4.78, 5) is 16.6. The van der Waals surface area contributed by atoms with Gasteiger partial charge in [-0.1, -0.05) is 58.4 Å². The van der Waals surface area contributed by atoms with Crippen molar-refractivity contribution in [3.05, 3.63) is 59.9 Å². The molecule has 0 aliphatic carbocycles. The molecule has 1 heterocycles. The van der Waals surface area contributed by atoms with E-state index in [4.69, 9.17) is 9.72 Å². The Bertz CT molecular complexity index is 1010. The number of hydrogen-bond donors (Lipinski definition) is 1. The van der Waals surface area contributed by atoms with Crippen LogP contribution in [-0.4, -0.2) is 28.6 Å². The molecule has 0 aliphatic heterocycles. The lowest BCUT2D eigenvalue weighted by molar-refractivity contribution is -0.123. The smallest absolute Gasteiger partial charge is 0.222 e. The number of benzene rings is 2. The summed E-state index contributed by atoms with van der Waals surface area (Å²) in [7, 11) is 0. The number of aryl methyl sites for hydroxylation is 2. The molecule has 33 heavy (non-hydrogen) atoms. The van der Waals surface area contributed by atoms with E-state index in [2.05, 4.69) is 66.2 Å². The molecule has 0 bridgehead atoms. The summed E-state index contributed by atoms with van der Waals surface area (Å²) in [6, 6.07) is 16.8. The first-order chi connectivity index (χ1) is 16.0. The van der Waals surface area contributed by atoms with Crippen molar-refractivity contribution >= 4 is 16.9 Å². The number of fused-ring (bicyclic) bond motifs is 1. The van der Waals surface area contributed by atoms with Gasteiger partial charge in [0.1, 0.15) is 11.6 Å². The molecule has 0 unspecified atom stereocenters. The summed E-state index contributed by atoms with van der Waals surface area (Å²) >= 11 is 0. The Morgan fingerprint density at radius 2 is 1.73 bits per heavy atom. The molecule has 1 N–H and O–H groups in total. The van der Waals surface area contributed by atoms with Crippen molar-refractivity contribution in [2.45, 2.75) is 72.3 Å². The molecule has 0 saturated carbocycles. The number of para-hydroxylation sites is 2. The number of nitrogens with one attached hydrogen (secondary N) is 1. The number of amides is 1. The molecular formula is C28H39N3O2. The minimum absolute atomic E-state index is 0.0493. The Labute approximate surface area is 198 Å². The molecule has 5 heteroatoms. The van der Waals surface area contributed by atoms with Gasteiger partial charge in [-0.25, -0.2) is 4.98 Å². The fourth-order valence-electron chi connectivity index (χ4n) is 3.93. The predicted molar refractivity (Wildman–Crippen MR) is 136 cm³/mol. The molecule has 0 aliphatic rings. The molecule has 1 aromatic heterocycles. The van der Waals surface area contributed by atoms with E-state index in [-0.39, 0.29) is 11.8 Å². The van der Waals surface area contributed by atoms with Crippen LogP contribution in [-0.2, 0) is 17.8 Å². The topological polar surface area (TPSA) is 56.2 Å². The lowest BCUT2D eigenvalue weighted by Gasteiger charge is -2.12. The number of imidazole rings is 1. The summed E-state index contributed by atoms with van der Waals surface area (Å²) in [6.45, 7) is 10.6. The van der Waals surface area contributed by atoms with Crippen molar-refractivity contribution in [2.24, 2.45) is 5.92 Å². The van der Waals surface area contributed by atoms with Crippen molar-refractivity contribution in [3.63, 3.8) is 0 Å². The van der Waals surface area contributed by atoms with Gasteiger partial charge in [0.15, 0.2) is 0 Å². The summed E-state index contributed by atoms with van der Waals surface area (Å²) in [6.07, 6.45) is 5.03. The highest BCUT2D eigenvalue weighted by atomic mass is 16.5. The zero-order valence-electron chi connectivity index (χ0n) is 20.6. The van der Waals surface area contributed by atoms with Crippen LogP contribution in [0.5, 0.6) is 5.75 Å². The van der Waals surface area contributed by atoms with Gasteiger partial charge in [0, 0.05) is 25.4 Å². The van der Waals surface area contributed by atoms with Crippen molar-refractivity contribution in [2.75, 3.05) is 13.2 Å². The molecule has 0 atom stereocenters. The lowest BCUT2D eigenvalue weighted by atomic mass is 10.0. The highest BCUT2D eigenvalue weighted by Gasteiger charge is 2.11. The SMILES string of the molecule is CC(C)C(=O)NCCCCCc1nc2ccccc2n1CCCOc1ccc(C(C)C)cc1. The largest absolute Gasteiger partial charge is 0.494 e. The second-order valence-corrected chi connectivity index (χ2v) is 9.35. The Morgan fingerprint density at radius 3 is 2.45 bits per heavy atom. The molecule has 0 fully saturated rings. The van der Waals surface area contributed by atoms with Crippen molar-refractivity contribution in [3.8, 4) is 5.75 Å². The molecule has 5 nitrogen and oxygen atoms in total. The van der Waals surface area contributed by atoms with Crippen LogP contribution in [0, 0.1) is 5.92 Å².